The summed E-state index contributed by atoms with van der Waals surface area (Å²) in [5, 5.41) is 2.13. The molecule has 1 aromatic rings. The number of carbonyl (C=O) groups excluding carboxylic acids is 1. The van der Waals surface area contributed by atoms with Crippen molar-refractivity contribution in [1.29, 1.82) is 0 Å². The van der Waals surface area contributed by atoms with E-state index in [1.165, 1.54) is 6.42 Å². The van der Waals surface area contributed by atoms with Gasteiger partial charge in [0.1, 0.15) is 10.8 Å². The maximum atomic E-state index is 13.6. The van der Waals surface area contributed by atoms with Gasteiger partial charge in [-0.3, -0.25) is 4.79 Å². The van der Waals surface area contributed by atoms with Crippen molar-refractivity contribution in [2.45, 2.75) is 38.1 Å². The van der Waals surface area contributed by atoms with Crippen molar-refractivity contribution in [3.8, 4) is 0 Å². The molecule has 0 aromatic heterocycles. The molecule has 1 aliphatic rings. The lowest BCUT2D eigenvalue weighted by molar-refractivity contribution is 0.0923. The van der Waals surface area contributed by atoms with Gasteiger partial charge in [0.05, 0.1) is 5.56 Å². The van der Waals surface area contributed by atoms with E-state index in [0.29, 0.717) is 0 Å². The molecule has 0 bridgehead atoms. The summed E-state index contributed by atoms with van der Waals surface area (Å²) in [7, 11) is 0. The zero-order valence-corrected chi connectivity index (χ0v) is 10.6. The Bertz CT molecular complexity index is 459. The van der Waals surface area contributed by atoms with Crippen LogP contribution in [0, 0.1) is 11.6 Å². The van der Waals surface area contributed by atoms with E-state index in [-0.39, 0.29) is 11.6 Å². The van der Waals surface area contributed by atoms with Crippen molar-refractivity contribution >= 4 is 17.5 Å². The Labute approximate surface area is 109 Å². The van der Waals surface area contributed by atoms with Gasteiger partial charge in [-0.25, -0.2) is 8.78 Å². The third kappa shape index (κ3) is 2.80. The number of hydrogen-bond acceptors (Lipinski definition) is 1. The second-order valence-corrected chi connectivity index (χ2v) is 4.91. The lowest BCUT2D eigenvalue weighted by Crippen LogP contribution is -2.36. The summed E-state index contributed by atoms with van der Waals surface area (Å²) in [5.41, 5.74) is -0.202. The minimum absolute atomic E-state index is 0.0782. The molecule has 0 heterocycles. The molecule has 1 amide bonds. The van der Waals surface area contributed by atoms with Crippen LogP contribution in [0.15, 0.2) is 12.1 Å². The number of nitrogens with one attached hydrogen (secondary N) is 1. The van der Waals surface area contributed by atoms with Crippen LogP contribution >= 0.6 is 11.6 Å². The van der Waals surface area contributed by atoms with Gasteiger partial charge in [0.15, 0.2) is 5.82 Å². The molecule has 1 aliphatic carbocycles. The number of amides is 1. The van der Waals surface area contributed by atoms with Gasteiger partial charge >= 0.3 is 0 Å². The SMILES string of the molecule is O=C(NC1CCCCC1)c1ccc(F)c(Cl)c1F. The summed E-state index contributed by atoms with van der Waals surface area (Å²) in [6.07, 6.45) is 5.11. The summed E-state index contributed by atoms with van der Waals surface area (Å²) >= 11 is 5.44. The fourth-order valence-corrected chi connectivity index (χ4v) is 2.38. The van der Waals surface area contributed by atoms with Gasteiger partial charge in [-0.05, 0) is 25.0 Å². The van der Waals surface area contributed by atoms with Gasteiger partial charge in [-0.15, -0.1) is 0 Å². The maximum absolute atomic E-state index is 13.6. The standard InChI is InChI=1S/C13H14ClF2NO/c14-11-10(15)7-6-9(12(11)16)13(18)17-8-4-2-1-3-5-8/h6-8H,1-5H2,(H,17,18). The summed E-state index contributed by atoms with van der Waals surface area (Å²) in [5.74, 6) is -2.38. The average Bonchev–Trinajstić information content (AvgIpc) is 2.37. The van der Waals surface area contributed by atoms with Gasteiger partial charge in [0.25, 0.3) is 5.91 Å². The topological polar surface area (TPSA) is 29.1 Å². The van der Waals surface area contributed by atoms with E-state index in [9.17, 15) is 13.6 Å². The van der Waals surface area contributed by atoms with Crippen molar-refractivity contribution < 1.29 is 13.6 Å². The van der Waals surface area contributed by atoms with E-state index >= 15 is 0 Å². The van der Waals surface area contributed by atoms with Gasteiger partial charge in [0.2, 0.25) is 0 Å². The lowest BCUT2D eigenvalue weighted by Gasteiger charge is -2.22. The second kappa shape index (κ2) is 5.65. The Balaban J connectivity index is 2.11. The Kier molecular flexibility index (Phi) is 4.17. The van der Waals surface area contributed by atoms with Crippen LogP contribution in [0.2, 0.25) is 5.02 Å². The molecule has 1 saturated carbocycles. The molecule has 18 heavy (non-hydrogen) atoms. The Morgan fingerprint density at radius 3 is 2.56 bits per heavy atom. The molecular formula is C13H14ClF2NO. The largest absolute Gasteiger partial charge is 0.349 e. The van der Waals surface area contributed by atoms with Crippen LogP contribution in [0.3, 0.4) is 0 Å². The van der Waals surface area contributed by atoms with Crippen LogP contribution in [0.25, 0.3) is 0 Å². The molecule has 5 heteroatoms. The van der Waals surface area contributed by atoms with E-state index in [1.807, 2.05) is 0 Å². The first-order valence-corrected chi connectivity index (χ1v) is 6.41. The number of carbonyl (C=O) groups is 1. The zero-order valence-electron chi connectivity index (χ0n) is 9.81. The van der Waals surface area contributed by atoms with Crippen molar-refractivity contribution in [3.63, 3.8) is 0 Å². The Hall–Kier alpha value is -1.16. The molecule has 2 rings (SSSR count). The molecule has 0 unspecified atom stereocenters. The van der Waals surface area contributed by atoms with Gasteiger partial charge in [0, 0.05) is 6.04 Å². The van der Waals surface area contributed by atoms with E-state index in [1.54, 1.807) is 0 Å². The highest BCUT2D eigenvalue weighted by Gasteiger charge is 2.21. The Morgan fingerprint density at radius 2 is 1.89 bits per heavy atom. The molecule has 0 saturated heterocycles. The van der Waals surface area contributed by atoms with Crippen LogP contribution < -0.4 is 5.32 Å². The van der Waals surface area contributed by atoms with E-state index in [2.05, 4.69) is 5.32 Å². The molecule has 1 aromatic carbocycles. The highest BCUT2D eigenvalue weighted by Crippen LogP contribution is 2.23. The minimum Gasteiger partial charge on any atom is -0.349 e. The minimum atomic E-state index is -0.995. The molecule has 0 spiro atoms. The highest BCUT2D eigenvalue weighted by atomic mass is 35.5. The van der Waals surface area contributed by atoms with Crippen LogP contribution in [-0.2, 0) is 0 Å². The molecule has 0 radical (unpaired) electrons. The predicted molar refractivity (Wildman–Crippen MR) is 65.7 cm³/mol. The zero-order chi connectivity index (χ0) is 13.1. The lowest BCUT2D eigenvalue weighted by atomic mass is 9.95. The van der Waals surface area contributed by atoms with E-state index < -0.39 is 22.6 Å². The fourth-order valence-electron chi connectivity index (χ4n) is 2.21. The van der Waals surface area contributed by atoms with Crippen LogP contribution in [0.5, 0.6) is 0 Å². The molecule has 2 nitrogen and oxygen atoms in total. The van der Waals surface area contributed by atoms with Crippen molar-refractivity contribution in [2.75, 3.05) is 0 Å². The predicted octanol–water partition coefficient (Wildman–Crippen LogP) is 3.68. The molecule has 98 valence electrons. The molecule has 0 aliphatic heterocycles. The molecule has 1 N–H and O–H groups in total. The summed E-state index contributed by atoms with van der Waals surface area (Å²) in [6, 6.07) is 2.20. The van der Waals surface area contributed by atoms with Gasteiger partial charge in [-0.1, -0.05) is 30.9 Å². The summed E-state index contributed by atoms with van der Waals surface area (Å²) in [6.45, 7) is 0. The van der Waals surface area contributed by atoms with Crippen LogP contribution in [0.4, 0.5) is 8.78 Å². The molecule has 1 fully saturated rings. The number of rotatable bonds is 2. The third-order valence-electron chi connectivity index (χ3n) is 3.22. The number of halogens is 3. The molecule has 0 atom stereocenters. The van der Waals surface area contributed by atoms with Gasteiger partial charge in [-0.2, -0.15) is 0 Å². The summed E-state index contributed by atoms with van der Waals surface area (Å²) < 4.78 is 26.6. The van der Waals surface area contributed by atoms with Crippen molar-refractivity contribution in [3.05, 3.63) is 34.4 Å². The van der Waals surface area contributed by atoms with E-state index in [4.69, 9.17) is 11.6 Å². The Morgan fingerprint density at radius 1 is 1.22 bits per heavy atom. The van der Waals surface area contributed by atoms with Crippen LogP contribution in [0.1, 0.15) is 42.5 Å². The second-order valence-electron chi connectivity index (χ2n) is 4.53. The molecular weight excluding hydrogens is 260 g/mol. The summed E-state index contributed by atoms with van der Waals surface area (Å²) in [4.78, 5) is 11.9. The highest BCUT2D eigenvalue weighted by molar-refractivity contribution is 6.31. The quantitative estimate of drug-likeness (QED) is 0.818. The van der Waals surface area contributed by atoms with Crippen molar-refractivity contribution in [1.82, 2.24) is 5.32 Å². The third-order valence-corrected chi connectivity index (χ3v) is 3.57. The van der Waals surface area contributed by atoms with Crippen molar-refractivity contribution in [2.24, 2.45) is 0 Å². The normalized spacial score (nSPS) is 16.6. The van der Waals surface area contributed by atoms with Gasteiger partial charge < -0.3 is 5.32 Å². The monoisotopic (exact) mass is 273 g/mol. The first kappa shape index (κ1) is 13.3. The smallest absolute Gasteiger partial charge is 0.254 e. The average molecular weight is 274 g/mol. The van der Waals surface area contributed by atoms with Crippen LogP contribution in [-0.4, -0.2) is 11.9 Å². The maximum Gasteiger partial charge on any atom is 0.254 e. The first-order chi connectivity index (χ1) is 8.59. The first-order valence-electron chi connectivity index (χ1n) is 6.04. The number of benzene rings is 1. The van der Waals surface area contributed by atoms with E-state index in [0.717, 1.165) is 37.8 Å². The fraction of sp³-hybridized carbons (Fsp3) is 0.462. The number of hydrogen-bond donors (Lipinski definition) is 1.